The summed E-state index contributed by atoms with van der Waals surface area (Å²) in [5.41, 5.74) is 0. The monoisotopic (exact) mass is 198 g/mol. The second-order valence-corrected chi connectivity index (χ2v) is 2.57. The summed E-state index contributed by atoms with van der Waals surface area (Å²) in [4.78, 5) is 0. The normalized spacial score (nSPS) is 15.3. The van der Waals surface area contributed by atoms with E-state index < -0.39 is 17.1 Å². The van der Waals surface area contributed by atoms with Gasteiger partial charge in [-0.1, -0.05) is 12.6 Å². The summed E-state index contributed by atoms with van der Waals surface area (Å²) in [6, 6.07) is 0. The van der Waals surface area contributed by atoms with Gasteiger partial charge < -0.3 is 0 Å². The van der Waals surface area contributed by atoms with Gasteiger partial charge in [-0.3, -0.25) is 0 Å². The van der Waals surface area contributed by atoms with Crippen molar-refractivity contribution in [2.24, 2.45) is 0 Å². The van der Waals surface area contributed by atoms with Gasteiger partial charge in [-0.2, -0.15) is 26.3 Å². The Kier molecular flexibility index (Phi) is 2.45. The zero-order chi connectivity index (χ0) is 9.50. The summed E-state index contributed by atoms with van der Waals surface area (Å²) in [6.07, 6.45) is 0. The van der Waals surface area contributed by atoms with Crippen molar-refractivity contribution in [2.45, 2.75) is 24.0 Å². The SMILES string of the molecule is CC(F)(F)C(F)(F)C(F)(F)S. The molecule has 0 aliphatic carbocycles. The second kappa shape index (κ2) is 2.46. The van der Waals surface area contributed by atoms with Crippen LogP contribution in [-0.4, -0.2) is 17.1 Å². The molecule has 0 nitrogen and oxygen atoms in total. The maximum atomic E-state index is 11.9. The molecule has 0 radical (unpaired) electrons. The van der Waals surface area contributed by atoms with E-state index in [2.05, 4.69) is 12.6 Å². The van der Waals surface area contributed by atoms with Crippen LogP contribution in [0.4, 0.5) is 26.3 Å². The van der Waals surface area contributed by atoms with Crippen molar-refractivity contribution in [3.63, 3.8) is 0 Å². The first-order chi connectivity index (χ1) is 4.50. The highest BCUT2D eigenvalue weighted by atomic mass is 32.1. The fourth-order valence-corrected chi connectivity index (χ4v) is 0.460. The average Bonchev–Trinajstić information content (AvgIpc) is 1.58. The number of hydrogen-bond acceptors (Lipinski definition) is 1. The lowest BCUT2D eigenvalue weighted by Gasteiger charge is -2.27. The minimum Gasteiger partial charge on any atom is -0.200 e. The molecule has 0 aromatic rings. The third kappa shape index (κ3) is 1.94. The lowest BCUT2D eigenvalue weighted by Crippen LogP contribution is -2.49. The molecule has 68 valence electrons. The highest BCUT2D eigenvalue weighted by Gasteiger charge is 2.67. The maximum absolute atomic E-state index is 11.9. The van der Waals surface area contributed by atoms with E-state index in [1.54, 1.807) is 0 Å². The Labute approximate surface area is 64.0 Å². The molecular formula is C4H4F6S. The van der Waals surface area contributed by atoms with E-state index in [1.807, 2.05) is 0 Å². The average molecular weight is 198 g/mol. The van der Waals surface area contributed by atoms with Crippen LogP contribution in [0.5, 0.6) is 0 Å². The summed E-state index contributed by atoms with van der Waals surface area (Å²) >= 11 is 2.07. The van der Waals surface area contributed by atoms with Crippen LogP contribution in [0.3, 0.4) is 0 Å². The Hall–Kier alpha value is -0.0700. The molecule has 0 N–H and O–H groups in total. The first kappa shape index (κ1) is 10.9. The van der Waals surface area contributed by atoms with E-state index in [4.69, 9.17) is 0 Å². The van der Waals surface area contributed by atoms with Crippen LogP contribution in [0.1, 0.15) is 6.92 Å². The molecule has 0 aromatic carbocycles. The topological polar surface area (TPSA) is 0 Å². The molecule has 0 rings (SSSR count). The van der Waals surface area contributed by atoms with E-state index in [9.17, 15) is 26.3 Å². The Balaban J connectivity index is 4.75. The zero-order valence-corrected chi connectivity index (χ0v) is 6.11. The van der Waals surface area contributed by atoms with E-state index >= 15 is 0 Å². The predicted octanol–water partition coefficient (Wildman–Crippen LogP) is 2.80. The molecule has 0 aliphatic heterocycles. The highest BCUT2D eigenvalue weighted by molar-refractivity contribution is 7.81. The van der Waals surface area contributed by atoms with Crippen molar-refractivity contribution in [1.82, 2.24) is 0 Å². The number of thiol groups is 1. The van der Waals surface area contributed by atoms with E-state index in [0.29, 0.717) is 0 Å². The number of halogens is 6. The fraction of sp³-hybridized carbons (Fsp3) is 1.00. The molecule has 0 saturated heterocycles. The van der Waals surface area contributed by atoms with Gasteiger partial charge in [-0.15, -0.1) is 0 Å². The van der Waals surface area contributed by atoms with Crippen molar-refractivity contribution in [2.75, 3.05) is 0 Å². The Morgan fingerprint density at radius 1 is 0.909 bits per heavy atom. The molecule has 0 aromatic heterocycles. The number of rotatable bonds is 2. The molecule has 11 heavy (non-hydrogen) atoms. The summed E-state index contributed by atoms with van der Waals surface area (Å²) < 4.78 is 70.4. The van der Waals surface area contributed by atoms with Crippen molar-refractivity contribution in [3.8, 4) is 0 Å². The third-order valence-corrected chi connectivity index (χ3v) is 1.21. The lowest BCUT2D eigenvalue weighted by atomic mass is 10.2. The van der Waals surface area contributed by atoms with Crippen molar-refractivity contribution in [3.05, 3.63) is 0 Å². The standard InChI is InChI=1S/C4H4F6S/c1-2(5,6)3(7,8)4(9,10)11/h11H,1H3. The molecule has 0 heterocycles. The minimum atomic E-state index is -5.43. The van der Waals surface area contributed by atoms with Gasteiger partial charge in [0, 0.05) is 6.92 Å². The first-order valence-electron chi connectivity index (χ1n) is 2.36. The highest BCUT2D eigenvalue weighted by Crippen LogP contribution is 2.47. The lowest BCUT2D eigenvalue weighted by molar-refractivity contribution is -0.268. The molecule has 0 spiro atoms. The molecule has 0 unspecified atom stereocenters. The molecule has 0 atom stereocenters. The smallest absolute Gasteiger partial charge is 0.200 e. The summed E-state index contributed by atoms with van der Waals surface area (Å²) in [6.45, 7) is -0.295. The summed E-state index contributed by atoms with van der Waals surface area (Å²) in [5.74, 6) is -10.2. The van der Waals surface area contributed by atoms with Crippen LogP contribution in [0.2, 0.25) is 0 Å². The van der Waals surface area contributed by atoms with Gasteiger partial charge >= 0.3 is 17.1 Å². The van der Waals surface area contributed by atoms with Crippen LogP contribution in [0.15, 0.2) is 0 Å². The van der Waals surface area contributed by atoms with Gasteiger partial charge in [-0.25, -0.2) is 0 Å². The van der Waals surface area contributed by atoms with Gasteiger partial charge in [0.25, 0.3) is 0 Å². The van der Waals surface area contributed by atoms with Crippen molar-refractivity contribution in [1.29, 1.82) is 0 Å². The van der Waals surface area contributed by atoms with E-state index in [1.165, 1.54) is 0 Å². The fourth-order valence-electron chi connectivity index (χ4n) is 0.264. The Morgan fingerprint density at radius 3 is 1.18 bits per heavy atom. The summed E-state index contributed by atoms with van der Waals surface area (Å²) in [7, 11) is 0. The zero-order valence-electron chi connectivity index (χ0n) is 5.22. The molecule has 0 aliphatic rings. The van der Waals surface area contributed by atoms with Gasteiger partial charge in [0.15, 0.2) is 0 Å². The first-order valence-corrected chi connectivity index (χ1v) is 2.80. The third-order valence-electron chi connectivity index (χ3n) is 0.929. The van der Waals surface area contributed by atoms with Crippen molar-refractivity contribution >= 4 is 12.6 Å². The van der Waals surface area contributed by atoms with E-state index in [-0.39, 0.29) is 6.92 Å². The van der Waals surface area contributed by atoms with Crippen LogP contribution >= 0.6 is 12.6 Å². The molecule has 0 amide bonds. The largest absolute Gasteiger partial charge is 0.381 e. The molecule has 7 heteroatoms. The Bertz CT molecular complexity index is 126. The van der Waals surface area contributed by atoms with Crippen LogP contribution in [0.25, 0.3) is 0 Å². The van der Waals surface area contributed by atoms with Crippen LogP contribution in [0, 0.1) is 0 Å². The Morgan fingerprint density at radius 2 is 1.18 bits per heavy atom. The molecule has 0 bridgehead atoms. The van der Waals surface area contributed by atoms with E-state index in [0.717, 1.165) is 0 Å². The van der Waals surface area contributed by atoms with Gasteiger partial charge in [0.05, 0.1) is 0 Å². The maximum Gasteiger partial charge on any atom is 0.381 e. The van der Waals surface area contributed by atoms with Crippen molar-refractivity contribution < 1.29 is 26.3 Å². The predicted molar refractivity (Wildman–Crippen MR) is 29.5 cm³/mol. The molecule has 0 fully saturated rings. The summed E-state index contributed by atoms with van der Waals surface area (Å²) in [5, 5.41) is -5.01. The van der Waals surface area contributed by atoms with Gasteiger partial charge in [0.2, 0.25) is 0 Å². The number of alkyl halides is 6. The van der Waals surface area contributed by atoms with Crippen LogP contribution < -0.4 is 0 Å². The molecular weight excluding hydrogens is 194 g/mol. The second-order valence-electron chi connectivity index (χ2n) is 2.00. The number of hydrogen-bond donors (Lipinski definition) is 1. The quantitative estimate of drug-likeness (QED) is 0.512. The van der Waals surface area contributed by atoms with Gasteiger partial charge in [-0.05, 0) is 0 Å². The van der Waals surface area contributed by atoms with Gasteiger partial charge in [0.1, 0.15) is 0 Å². The minimum absolute atomic E-state index is 0.295. The van der Waals surface area contributed by atoms with Crippen LogP contribution in [-0.2, 0) is 0 Å². The molecule has 0 saturated carbocycles.